The predicted molar refractivity (Wildman–Crippen MR) is 88.8 cm³/mol. The van der Waals surface area contributed by atoms with Crippen LogP contribution in [-0.2, 0) is 14.8 Å². The van der Waals surface area contributed by atoms with E-state index < -0.39 is 10.0 Å². The van der Waals surface area contributed by atoms with E-state index in [-0.39, 0.29) is 23.2 Å². The maximum Gasteiger partial charge on any atom is 0.242 e. The van der Waals surface area contributed by atoms with Crippen LogP contribution in [0.25, 0.3) is 0 Å². The van der Waals surface area contributed by atoms with Crippen molar-refractivity contribution in [3.05, 3.63) is 54.9 Å². The molecule has 0 aliphatic carbocycles. The van der Waals surface area contributed by atoms with Gasteiger partial charge in [0.25, 0.3) is 0 Å². The van der Waals surface area contributed by atoms with E-state index in [1.807, 2.05) is 18.2 Å². The molecule has 1 aromatic carbocycles. The summed E-state index contributed by atoms with van der Waals surface area (Å²) in [5, 5.41) is -0.158. The van der Waals surface area contributed by atoms with Crippen LogP contribution in [0.3, 0.4) is 0 Å². The predicted octanol–water partition coefficient (Wildman–Crippen LogP) is 1.70. The first-order chi connectivity index (χ1) is 11.1. The molecule has 6 nitrogen and oxygen atoms in total. The Morgan fingerprint density at radius 3 is 2.65 bits per heavy atom. The molecular weight excluding hydrogens is 336 g/mol. The number of aromatic nitrogens is 1. The zero-order chi connectivity index (χ0) is 16.5. The van der Waals surface area contributed by atoms with E-state index in [4.69, 9.17) is 4.74 Å². The minimum Gasteiger partial charge on any atom is -0.485 e. The molecule has 0 saturated heterocycles. The number of carbonyl (C=O) groups is 1. The molecule has 1 N–H and O–H groups in total. The van der Waals surface area contributed by atoms with E-state index in [9.17, 15) is 13.2 Å². The van der Waals surface area contributed by atoms with Crippen LogP contribution in [0.4, 0.5) is 0 Å². The Hall–Kier alpha value is -1.90. The highest BCUT2D eigenvalue weighted by molar-refractivity contribution is 8.13. The van der Waals surface area contributed by atoms with Crippen LogP contribution < -0.4 is 9.46 Å². The van der Waals surface area contributed by atoms with E-state index in [1.54, 1.807) is 18.2 Å². The van der Waals surface area contributed by atoms with Crippen molar-refractivity contribution in [2.45, 2.75) is 4.90 Å². The fraction of sp³-hybridized carbons (Fsp3) is 0.200. The number of sulfonamides is 1. The van der Waals surface area contributed by atoms with E-state index in [2.05, 4.69) is 9.71 Å². The summed E-state index contributed by atoms with van der Waals surface area (Å²) in [7, 11) is -3.58. The van der Waals surface area contributed by atoms with Gasteiger partial charge in [0.15, 0.2) is 6.61 Å². The van der Waals surface area contributed by atoms with Gasteiger partial charge in [-0.2, -0.15) is 0 Å². The van der Waals surface area contributed by atoms with Crippen molar-refractivity contribution in [3.63, 3.8) is 0 Å². The van der Waals surface area contributed by atoms with Gasteiger partial charge in [0.05, 0.1) is 0 Å². The van der Waals surface area contributed by atoms with Gasteiger partial charge in [-0.15, -0.1) is 0 Å². The molecule has 0 amide bonds. The van der Waals surface area contributed by atoms with Gasteiger partial charge in [0.1, 0.15) is 10.6 Å². The third kappa shape index (κ3) is 6.01. The Morgan fingerprint density at radius 1 is 1.17 bits per heavy atom. The Morgan fingerprint density at radius 2 is 1.96 bits per heavy atom. The third-order valence-corrected chi connectivity index (χ3v) is 5.00. The van der Waals surface area contributed by atoms with Gasteiger partial charge in [0.2, 0.25) is 15.1 Å². The zero-order valence-electron chi connectivity index (χ0n) is 12.2. The van der Waals surface area contributed by atoms with Crippen molar-refractivity contribution in [1.29, 1.82) is 0 Å². The lowest BCUT2D eigenvalue weighted by Crippen LogP contribution is -2.26. The summed E-state index contributed by atoms with van der Waals surface area (Å²) in [5.74, 6) is 0.954. The molecule has 23 heavy (non-hydrogen) atoms. The van der Waals surface area contributed by atoms with Gasteiger partial charge < -0.3 is 4.74 Å². The van der Waals surface area contributed by atoms with E-state index >= 15 is 0 Å². The summed E-state index contributed by atoms with van der Waals surface area (Å²) >= 11 is 1.03. The number of hydrogen-bond acceptors (Lipinski definition) is 6. The number of hydrogen-bond donors (Lipinski definition) is 1. The smallest absolute Gasteiger partial charge is 0.242 e. The molecule has 2 aromatic rings. The number of nitrogens with one attached hydrogen (secondary N) is 1. The Kier molecular flexibility index (Phi) is 6.57. The van der Waals surface area contributed by atoms with Crippen LogP contribution in [0.1, 0.15) is 0 Å². The van der Waals surface area contributed by atoms with Crippen molar-refractivity contribution >= 4 is 26.9 Å². The van der Waals surface area contributed by atoms with Gasteiger partial charge in [-0.05, 0) is 24.3 Å². The zero-order valence-corrected chi connectivity index (χ0v) is 13.8. The van der Waals surface area contributed by atoms with E-state index in [0.29, 0.717) is 11.5 Å². The maximum absolute atomic E-state index is 11.9. The third-order valence-electron chi connectivity index (χ3n) is 2.70. The fourth-order valence-electron chi connectivity index (χ4n) is 1.63. The molecule has 1 heterocycles. The van der Waals surface area contributed by atoms with Gasteiger partial charge in [-0.3, -0.25) is 9.78 Å². The standard InChI is InChI=1S/C15H16N2O4S2/c18-15(12-21-13-5-2-1-3-6-13)22-10-9-17-23(19,20)14-7-4-8-16-11-14/h1-8,11,17H,9-10,12H2. The van der Waals surface area contributed by atoms with Crippen molar-refractivity contribution in [2.75, 3.05) is 18.9 Å². The number of benzene rings is 1. The van der Waals surface area contributed by atoms with Crippen LogP contribution in [0.2, 0.25) is 0 Å². The summed E-state index contributed by atoms with van der Waals surface area (Å²) in [6.07, 6.45) is 2.77. The van der Waals surface area contributed by atoms with Crippen molar-refractivity contribution in [1.82, 2.24) is 9.71 Å². The van der Waals surface area contributed by atoms with Crippen LogP contribution in [0.5, 0.6) is 5.75 Å². The summed E-state index contributed by atoms with van der Waals surface area (Å²) in [5.41, 5.74) is 0. The minimum atomic E-state index is -3.58. The molecule has 8 heteroatoms. The second kappa shape index (κ2) is 8.66. The highest BCUT2D eigenvalue weighted by Gasteiger charge is 2.13. The van der Waals surface area contributed by atoms with Crippen LogP contribution in [0, 0.1) is 0 Å². The molecule has 1 aromatic heterocycles. The highest BCUT2D eigenvalue weighted by Crippen LogP contribution is 2.10. The first-order valence-electron chi connectivity index (χ1n) is 6.81. The second-order valence-corrected chi connectivity index (χ2v) is 7.33. The average molecular weight is 352 g/mol. The first-order valence-corrected chi connectivity index (χ1v) is 9.28. The number of rotatable bonds is 8. The largest absolute Gasteiger partial charge is 0.485 e. The summed E-state index contributed by atoms with van der Waals surface area (Å²) < 4.78 is 31.6. The van der Waals surface area contributed by atoms with Gasteiger partial charge in [0, 0.05) is 24.7 Å². The highest BCUT2D eigenvalue weighted by atomic mass is 32.2. The van der Waals surface area contributed by atoms with Crippen LogP contribution >= 0.6 is 11.8 Å². The summed E-state index contributed by atoms with van der Waals surface area (Å²) in [4.78, 5) is 15.5. The topological polar surface area (TPSA) is 85.4 Å². The molecule has 2 rings (SSSR count). The lowest BCUT2D eigenvalue weighted by molar-refractivity contribution is -0.112. The van der Waals surface area contributed by atoms with Crippen molar-refractivity contribution in [3.8, 4) is 5.75 Å². The molecule has 0 fully saturated rings. The fourth-order valence-corrected chi connectivity index (χ4v) is 3.33. The average Bonchev–Trinajstić information content (AvgIpc) is 2.59. The Labute approximate surface area is 139 Å². The monoisotopic (exact) mass is 352 g/mol. The maximum atomic E-state index is 11.9. The molecule has 0 aliphatic rings. The molecule has 122 valence electrons. The molecule has 0 saturated carbocycles. The van der Waals surface area contributed by atoms with Crippen LogP contribution in [0.15, 0.2) is 59.8 Å². The molecule has 0 spiro atoms. The number of ether oxygens (including phenoxy) is 1. The first kappa shape index (κ1) is 17.5. The second-order valence-electron chi connectivity index (χ2n) is 4.41. The molecular formula is C15H16N2O4S2. The van der Waals surface area contributed by atoms with Crippen molar-refractivity contribution in [2.24, 2.45) is 0 Å². The van der Waals surface area contributed by atoms with Crippen molar-refractivity contribution < 1.29 is 17.9 Å². The number of pyridine rings is 1. The van der Waals surface area contributed by atoms with Gasteiger partial charge in [-0.25, -0.2) is 13.1 Å². The number of nitrogens with zero attached hydrogens (tertiary/aromatic N) is 1. The molecule has 0 bridgehead atoms. The normalized spacial score (nSPS) is 11.1. The number of para-hydroxylation sites is 1. The molecule has 0 atom stereocenters. The summed E-state index contributed by atoms with van der Waals surface area (Å²) in [6, 6.07) is 12.0. The molecule has 0 radical (unpaired) electrons. The molecule has 0 unspecified atom stereocenters. The van der Waals surface area contributed by atoms with E-state index in [1.165, 1.54) is 18.5 Å². The van der Waals surface area contributed by atoms with Crippen LogP contribution in [-0.4, -0.2) is 37.4 Å². The quantitative estimate of drug-likeness (QED) is 0.728. The lowest BCUT2D eigenvalue weighted by Gasteiger charge is -2.06. The SMILES string of the molecule is O=C(COc1ccccc1)SCCNS(=O)(=O)c1cccnc1. The minimum absolute atomic E-state index is 0.0516. The van der Waals surface area contributed by atoms with Gasteiger partial charge >= 0.3 is 0 Å². The number of thioether (sulfide) groups is 1. The van der Waals surface area contributed by atoms with E-state index in [0.717, 1.165) is 11.8 Å². The Balaban J connectivity index is 1.68. The Bertz CT molecular complexity index is 722. The summed E-state index contributed by atoms with van der Waals surface area (Å²) in [6.45, 7) is 0.100. The lowest BCUT2D eigenvalue weighted by atomic mass is 10.3. The number of carbonyl (C=O) groups excluding carboxylic acids is 1. The van der Waals surface area contributed by atoms with Gasteiger partial charge in [-0.1, -0.05) is 30.0 Å². The molecule has 0 aliphatic heterocycles.